The predicted molar refractivity (Wildman–Crippen MR) is 98.1 cm³/mol. The molecule has 1 amide bonds. The lowest BCUT2D eigenvalue weighted by atomic mass is 9.96. The molecule has 0 saturated carbocycles. The van der Waals surface area contributed by atoms with Crippen LogP contribution in [0.1, 0.15) is 41.4 Å². The van der Waals surface area contributed by atoms with Crippen LogP contribution in [0, 0.1) is 0 Å². The molecule has 1 aliphatic heterocycles. The second kappa shape index (κ2) is 8.27. The first-order chi connectivity index (χ1) is 12.6. The van der Waals surface area contributed by atoms with E-state index in [2.05, 4.69) is 38.5 Å². The van der Waals surface area contributed by atoms with Gasteiger partial charge in [-0.2, -0.15) is 0 Å². The van der Waals surface area contributed by atoms with E-state index in [-0.39, 0.29) is 17.4 Å². The zero-order valence-electron chi connectivity index (χ0n) is 15.4. The molecule has 1 N–H and O–H groups in total. The lowest BCUT2D eigenvalue weighted by Gasteiger charge is -2.32. The SMILES string of the molecule is CN(C)CCCn1ccnc1C1CCCN(C(=O)c2cnc[nH]c2=O)C1. The van der Waals surface area contributed by atoms with Gasteiger partial charge in [0.15, 0.2) is 0 Å². The zero-order chi connectivity index (χ0) is 18.5. The van der Waals surface area contributed by atoms with Crippen molar-refractivity contribution in [3.05, 3.63) is 46.7 Å². The summed E-state index contributed by atoms with van der Waals surface area (Å²) in [5, 5.41) is 0. The highest BCUT2D eigenvalue weighted by Gasteiger charge is 2.29. The van der Waals surface area contributed by atoms with Gasteiger partial charge in [0.25, 0.3) is 11.5 Å². The van der Waals surface area contributed by atoms with Crippen molar-refractivity contribution in [1.82, 2.24) is 29.3 Å². The molecule has 3 rings (SSSR count). The number of rotatable bonds is 6. The topological polar surface area (TPSA) is 87.1 Å². The summed E-state index contributed by atoms with van der Waals surface area (Å²) in [7, 11) is 4.14. The predicted octanol–water partition coefficient (Wildman–Crippen LogP) is 0.938. The normalized spacial score (nSPS) is 17.7. The molecule has 0 spiro atoms. The molecule has 3 heterocycles. The number of nitrogens with zero attached hydrogens (tertiary/aromatic N) is 5. The zero-order valence-corrected chi connectivity index (χ0v) is 15.4. The fourth-order valence-corrected chi connectivity index (χ4v) is 3.47. The van der Waals surface area contributed by atoms with Crippen LogP contribution in [0.25, 0.3) is 0 Å². The van der Waals surface area contributed by atoms with Gasteiger partial charge in [-0.05, 0) is 39.9 Å². The van der Waals surface area contributed by atoms with E-state index in [1.165, 1.54) is 12.5 Å². The molecule has 2 aromatic rings. The van der Waals surface area contributed by atoms with E-state index in [0.29, 0.717) is 13.1 Å². The number of hydrogen-bond acceptors (Lipinski definition) is 5. The first-order valence-corrected chi connectivity index (χ1v) is 9.04. The van der Waals surface area contributed by atoms with Crippen molar-refractivity contribution >= 4 is 5.91 Å². The molecule has 1 atom stereocenters. The average molecular weight is 358 g/mol. The number of amides is 1. The molecule has 140 valence electrons. The van der Waals surface area contributed by atoms with Crippen molar-refractivity contribution in [3.63, 3.8) is 0 Å². The van der Waals surface area contributed by atoms with Gasteiger partial charge in [-0.15, -0.1) is 0 Å². The summed E-state index contributed by atoms with van der Waals surface area (Å²) in [6, 6.07) is 0. The highest BCUT2D eigenvalue weighted by Crippen LogP contribution is 2.26. The Bertz CT molecular complexity index is 797. The fourth-order valence-electron chi connectivity index (χ4n) is 3.47. The number of hydrogen-bond donors (Lipinski definition) is 1. The van der Waals surface area contributed by atoms with Gasteiger partial charge in [0.2, 0.25) is 0 Å². The number of carbonyl (C=O) groups is 1. The standard InChI is InChI=1S/C18H26N6O2/c1-22(2)7-4-9-23-10-6-20-16(23)14-5-3-8-24(12-14)18(26)15-11-19-13-21-17(15)25/h6,10-11,13-14H,3-5,7-9,12H2,1-2H3,(H,19,21,25). The van der Waals surface area contributed by atoms with Crippen LogP contribution >= 0.6 is 0 Å². The highest BCUT2D eigenvalue weighted by atomic mass is 16.2. The Balaban J connectivity index is 1.69. The highest BCUT2D eigenvalue weighted by molar-refractivity contribution is 5.93. The van der Waals surface area contributed by atoms with Gasteiger partial charge >= 0.3 is 0 Å². The molecule has 0 aliphatic carbocycles. The van der Waals surface area contributed by atoms with Crippen molar-refractivity contribution in [2.24, 2.45) is 0 Å². The van der Waals surface area contributed by atoms with E-state index in [1.54, 1.807) is 4.90 Å². The van der Waals surface area contributed by atoms with Crippen LogP contribution in [0.2, 0.25) is 0 Å². The molecular formula is C18H26N6O2. The van der Waals surface area contributed by atoms with E-state index in [1.807, 2.05) is 12.4 Å². The second-order valence-electron chi connectivity index (χ2n) is 7.02. The molecule has 1 fully saturated rings. The average Bonchev–Trinajstić information content (AvgIpc) is 3.10. The Morgan fingerprint density at radius 1 is 1.42 bits per heavy atom. The smallest absolute Gasteiger partial charge is 0.263 e. The van der Waals surface area contributed by atoms with E-state index in [9.17, 15) is 9.59 Å². The van der Waals surface area contributed by atoms with Gasteiger partial charge in [0.05, 0.1) is 6.33 Å². The number of aryl methyl sites for hydroxylation is 1. The molecule has 1 unspecified atom stereocenters. The summed E-state index contributed by atoms with van der Waals surface area (Å²) < 4.78 is 2.19. The van der Waals surface area contributed by atoms with Crippen molar-refractivity contribution in [2.45, 2.75) is 31.7 Å². The van der Waals surface area contributed by atoms with Crippen LogP contribution in [-0.2, 0) is 6.54 Å². The number of H-pyrrole nitrogens is 1. The third kappa shape index (κ3) is 4.19. The molecular weight excluding hydrogens is 332 g/mol. The second-order valence-corrected chi connectivity index (χ2v) is 7.02. The summed E-state index contributed by atoms with van der Waals surface area (Å²) in [6.45, 7) is 3.18. The van der Waals surface area contributed by atoms with Crippen LogP contribution in [0.3, 0.4) is 0 Å². The van der Waals surface area contributed by atoms with Crippen LogP contribution in [0.4, 0.5) is 0 Å². The molecule has 8 nitrogen and oxygen atoms in total. The third-order valence-electron chi connectivity index (χ3n) is 4.77. The Kier molecular flexibility index (Phi) is 5.82. The van der Waals surface area contributed by atoms with Crippen molar-refractivity contribution in [2.75, 3.05) is 33.7 Å². The van der Waals surface area contributed by atoms with Crippen LogP contribution in [0.15, 0.2) is 29.7 Å². The number of aromatic nitrogens is 4. The summed E-state index contributed by atoms with van der Waals surface area (Å²) in [6.07, 6.45) is 9.43. The quantitative estimate of drug-likeness (QED) is 0.830. The molecule has 26 heavy (non-hydrogen) atoms. The van der Waals surface area contributed by atoms with Crippen LogP contribution in [0.5, 0.6) is 0 Å². The number of imidazole rings is 1. The lowest BCUT2D eigenvalue weighted by molar-refractivity contribution is 0.0701. The number of aromatic amines is 1. The number of likely N-dealkylation sites (tertiary alicyclic amines) is 1. The summed E-state index contributed by atoms with van der Waals surface area (Å²) in [4.78, 5) is 39.4. The Morgan fingerprint density at radius 3 is 3.04 bits per heavy atom. The monoisotopic (exact) mass is 358 g/mol. The first kappa shape index (κ1) is 18.3. The maximum Gasteiger partial charge on any atom is 0.263 e. The lowest BCUT2D eigenvalue weighted by Crippen LogP contribution is -2.41. The van der Waals surface area contributed by atoms with Gasteiger partial charge in [-0.3, -0.25) is 9.59 Å². The van der Waals surface area contributed by atoms with Gasteiger partial charge in [0.1, 0.15) is 11.4 Å². The summed E-state index contributed by atoms with van der Waals surface area (Å²) in [5.41, 5.74) is -0.292. The van der Waals surface area contributed by atoms with Gasteiger partial charge in [-0.25, -0.2) is 9.97 Å². The summed E-state index contributed by atoms with van der Waals surface area (Å²) >= 11 is 0. The summed E-state index contributed by atoms with van der Waals surface area (Å²) in [5.74, 6) is 0.967. The fraction of sp³-hybridized carbons (Fsp3) is 0.556. The van der Waals surface area contributed by atoms with Crippen LogP contribution < -0.4 is 5.56 Å². The molecule has 8 heteroatoms. The third-order valence-corrected chi connectivity index (χ3v) is 4.77. The minimum absolute atomic E-state index is 0.0995. The van der Waals surface area contributed by atoms with Crippen molar-refractivity contribution in [3.8, 4) is 0 Å². The number of nitrogens with one attached hydrogen (secondary N) is 1. The van der Waals surface area contributed by atoms with Gasteiger partial charge in [0, 0.05) is 44.1 Å². The van der Waals surface area contributed by atoms with Gasteiger partial charge < -0.3 is 19.4 Å². The largest absolute Gasteiger partial charge is 0.338 e. The molecule has 1 saturated heterocycles. The Hall–Kier alpha value is -2.48. The maximum absolute atomic E-state index is 12.7. The number of piperidine rings is 1. The minimum atomic E-state index is -0.391. The maximum atomic E-state index is 12.7. The number of carbonyl (C=O) groups excluding carboxylic acids is 1. The van der Waals surface area contributed by atoms with Crippen molar-refractivity contribution < 1.29 is 4.79 Å². The molecule has 0 aromatic carbocycles. The molecule has 0 radical (unpaired) electrons. The van der Waals surface area contributed by atoms with Gasteiger partial charge in [-0.1, -0.05) is 0 Å². The Morgan fingerprint density at radius 2 is 2.27 bits per heavy atom. The molecule has 0 bridgehead atoms. The van der Waals surface area contributed by atoms with Crippen molar-refractivity contribution in [1.29, 1.82) is 0 Å². The Labute approximate surface area is 152 Å². The molecule has 1 aliphatic rings. The molecule has 2 aromatic heterocycles. The van der Waals surface area contributed by atoms with Crippen LogP contribution in [-0.4, -0.2) is 69.0 Å². The van der Waals surface area contributed by atoms with E-state index < -0.39 is 5.56 Å². The minimum Gasteiger partial charge on any atom is -0.338 e. The van der Waals surface area contributed by atoms with E-state index in [4.69, 9.17) is 0 Å². The van der Waals surface area contributed by atoms with E-state index in [0.717, 1.165) is 38.2 Å². The van der Waals surface area contributed by atoms with E-state index >= 15 is 0 Å². The first-order valence-electron chi connectivity index (χ1n) is 9.04.